The van der Waals surface area contributed by atoms with Crippen LogP contribution in [0, 0.1) is 16.0 Å². The quantitative estimate of drug-likeness (QED) is 0.366. The molecule has 3 rings (SSSR count). The molecule has 7 nitrogen and oxygen atoms in total. The first-order chi connectivity index (χ1) is 10.1. The van der Waals surface area contributed by atoms with Crippen LogP contribution in [-0.4, -0.2) is 24.1 Å². The zero-order valence-corrected chi connectivity index (χ0v) is 11.3. The molecule has 1 aliphatic heterocycles. The van der Waals surface area contributed by atoms with Crippen molar-refractivity contribution in [2.24, 2.45) is 5.92 Å². The molecule has 7 heteroatoms. The minimum Gasteiger partial charge on any atom is -0.419 e. The largest absolute Gasteiger partial charge is 0.419 e. The predicted molar refractivity (Wildman–Crippen MR) is 70.7 cm³/mol. The molecule has 0 N–H and O–H groups in total. The summed E-state index contributed by atoms with van der Waals surface area (Å²) in [5.74, 6) is -0.554. The van der Waals surface area contributed by atoms with E-state index in [1.807, 2.05) is 0 Å². The van der Waals surface area contributed by atoms with Crippen LogP contribution in [0.3, 0.4) is 0 Å². The van der Waals surface area contributed by atoms with E-state index in [-0.39, 0.29) is 17.4 Å². The number of nitro groups is 1. The van der Waals surface area contributed by atoms with Gasteiger partial charge in [-0.2, -0.15) is 0 Å². The molecule has 1 aromatic carbocycles. The highest BCUT2D eigenvalue weighted by Crippen LogP contribution is 2.36. The lowest BCUT2D eigenvalue weighted by Crippen LogP contribution is -2.18. The number of carbonyl (C=O) groups is 1. The lowest BCUT2D eigenvalue weighted by molar-refractivity contribution is -0.385. The molecule has 1 heterocycles. The van der Waals surface area contributed by atoms with Gasteiger partial charge < -0.3 is 14.2 Å². The second-order valence-electron chi connectivity index (χ2n) is 5.11. The Labute approximate surface area is 120 Å². The van der Waals surface area contributed by atoms with Gasteiger partial charge in [0.15, 0.2) is 6.29 Å². The summed E-state index contributed by atoms with van der Waals surface area (Å²) < 4.78 is 15.9. The summed E-state index contributed by atoms with van der Waals surface area (Å²) in [6, 6.07) is 4.39. The van der Waals surface area contributed by atoms with E-state index in [1.54, 1.807) is 6.07 Å². The number of esters is 1. The van der Waals surface area contributed by atoms with Crippen LogP contribution in [-0.2, 0) is 14.3 Å². The molecule has 0 bridgehead atoms. The minimum atomic E-state index is -0.606. The number of ether oxygens (including phenoxy) is 3. The van der Waals surface area contributed by atoms with Crippen molar-refractivity contribution in [3.05, 3.63) is 33.9 Å². The molecule has 0 unspecified atom stereocenters. The Morgan fingerprint density at radius 3 is 2.62 bits per heavy atom. The Kier molecular flexibility index (Phi) is 3.85. The summed E-state index contributed by atoms with van der Waals surface area (Å²) in [4.78, 5) is 22.2. The van der Waals surface area contributed by atoms with E-state index in [2.05, 4.69) is 0 Å². The molecular weight excluding hydrogens is 278 g/mol. The number of rotatable bonds is 4. The van der Waals surface area contributed by atoms with Gasteiger partial charge in [-0.25, -0.2) is 0 Å². The Bertz CT molecular complexity index is 563. The van der Waals surface area contributed by atoms with Crippen molar-refractivity contribution < 1.29 is 23.9 Å². The molecule has 1 saturated heterocycles. The van der Waals surface area contributed by atoms with Crippen molar-refractivity contribution in [2.75, 3.05) is 13.2 Å². The van der Waals surface area contributed by atoms with Crippen LogP contribution in [0.1, 0.15) is 31.1 Å². The van der Waals surface area contributed by atoms with Crippen molar-refractivity contribution in [3.8, 4) is 5.75 Å². The maximum absolute atomic E-state index is 11.6. The Balaban J connectivity index is 1.82. The molecule has 2 fully saturated rings. The topological polar surface area (TPSA) is 87.9 Å². The Hall–Kier alpha value is -1.99. The number of hydrogen-bond acceptors (Lipinski definition) is 6. The molecular formula is C14H15NO6. The van der Waals surface area contributed by atoms with Gasteiger partial charge in [-0.15, -0.1) is 0 Å². The molecule has 1 aromatic rings. The summed E-state index contributed by atoms with van der Waals surface area (Å²) in [6.07, 6.45) is 1.77. The molecule has 1 aliphatic carbocycles. The molecule has 0 atom stereocenters. The van der Waals surface area contributed by atoms with Crippen LogP contribution in [0.15, 0.2) is 18.2 Å². The van der Waals surface area contributed by atoms with E-state index in [1.165, 1.54) is 12.1 Å². The highest BCUT2D eigenvalue weighted by atomic mass is 16.7. The van der Waals surface area contributed by atoms with Gasteiger partial charge in [-0.05, 0) is 31.4 Å². The van der Waals surface area contributed by atoms with Crippen LogP contribution >= 0.6 is 0 Å². The van der Waals surface area contributed by atoms with Gasteiger partial charge in [0.25, 0.3) is 0 Å². The lowest BCUT2D eigenvalue weighted by Gasteiger charge is -2.23. The Morgan fingerprint density at radius 1 is 1.29 bits per heavy atom. The van der Waals surface area contributed by atoms with Crippen molar-refractivity contribution in [3.63, 3.8) is 0 Å². The molecule has 2 aliphatic rings. The van der Waals surface area contributed by atoms with Gasteiger partial charge in [0.05, 0.1) is 24.1 Å². The lowest BCUT2D eigenvalue weighted by atomic mass is 10.1. The zero-order chi connectivity index (χ0) is 14.8. The number of hydrogen-bond donors (Lipinski definition) is 0. The monoisotopic (exact) mass is 293 g/mol. The third kappa shape index (κ3) is 3.20. The van der Waals surface area contributed by atoms with Crippen LogP contribution in [0.2, 0.25) is 0 Å². The van der Waals surface area contributed by atoms with Crippen molar-refractivity contribution in [1.29, 1.82) is 0 Å². The van der Waals surface area contributed by atoms with Gasteiger partial charge in [0.1, 0.15) is 0 Å². The van der Waals surface area contributed by atoms with E-state index in [0.717, 1.165) is 19.3 Å². The fourth-order valence-electron chi connectivity index (χ4n) is 2.10. The number of nitrogens with zero attached hydrogens (tertiary/aromatic N) is 1. The highest BCUT2D eigenvalue weighted by Gasteiger charge is 2.33. The molecule has 1 saturated carbocycles. The first-order valence-corrected chi connectivity index (χ1v) is 6.88. The fourth-order valence-corrected chi connectivity index (χ4v) is 2.10. The average Bonchev–Trinajstić information content (AvgIpc) is 3.33. The average molecular weight is 293 g/mol. The van der Waals surface area contributed by atoms with E-state index >= 15 is 0 Å². The summed E-state index contributed by atoms with van der Waals surface area (Å²) >= 11 is 0. The molecule has 0 amide bonds. The van der Waals surface area contributed by atoms with Crippen LogP contribution in [0.4, 0.5) is 5.69 Å². The SMILES string of the molecule is O=C(Oc1ccc(C2OCCCO2)cc1[N+](=O)[O-])C1CC1. The van der Waals surface area contributed by atoms with E-state index in [0.29, 0.717) is 18.8 Å². The highest BCUT2D eigenvalue weighted by molar-refractivity contribution is 5.78. The molecule has 0 aromatic heterocycles. The summed E-state index contributed by atoms with van der Waals surface area (Å²) in [7, 11) is 0. The van der Waals surface area contributed by atoms with Gasteiger partial charge in [0, 0.05) is 11.6 Å². The van der Waals surface area contributed by atoms with Gasteiger partial charge in [-0.1, -0.05) is 0 Å². The molecule has 0 radical (unpaired) electrons. The second-order valence-corrected chi connectivity index (χ2v) is 5.11. The number of carbonyl (C=O) groups excluding carboxylic acids is 1. The normalized spacial score (nSPS) is 19.2. The molecule has 112 valence electrons. The third-order valence-electron chi connectivity index (χ3n) is 3.40. The number of nitro benzene ring substituents is 1. The van der Waals surface area contributed by atoms with E-state index in [9.17, 15) is 14.9 Å². The molecule has 21 heavy (non-hydrogen) atoms. The predicted octanol–water partition coefficient (Wildman–Crippen LogP) is 2.35. The van der Waals surface area contributed by atoms with E-state index in [4.69, 9.17) is 14.2 Å². The zero-order valence-electron chi connectivity index (χ0n) is 11.3. The van der Waals surface area contributed by atoms with Crippen LogP contribution in [0.5, 0.6) is 5.75 Å². The maximum Gasteiger partial charge on any atom is 0.314 e. The second kappa shape index (κ2) is 5.79. The smallest absolute Gasteiger partial charge is 0.314 e. The summed E-state index contributed by atoms with van der Waals surface area (Å²) in [5.41, 5.74) is 0.298. The number of benzene rings is 1. The van der Waals surface area contributed by atoms with Crippen LogP contribution < -0.4 is 4.74 Å². The molecule has 0 spiro atoms. The first kappa shape index (κ1) is 14.0. The van der Waals surface area contributed by atoms with Gasteiger partial charge in [0.2, 0.25) is 5.75 Å². The summed E-state index contributed by atoms with van der Waals surface area (Å²) in [5, 5.41) is 11.2. The standard InChI is InChI=1S/C14H15NO6/c16-13(9-2-3-9)21-12-5-4-10(8-11(12)15(17)18)14-19-6-1-7-20-14/h4-5,8-9,14H,1-3,6-7H2. The van der Waals surface area contributed by atoms with Crippen molar-refractivity contribution in [1.82, 2.24) is 0 Å². The third-order valence-corrected chi connectivity index (χ3v) is 3.40. The maximum atomic E-state index is 11.6. The van der Waals surface area contributed by atoms with Crippen molar-refractivity contribution in [2.45, 2.75) is 25.6 Å². The van der Waals surface area contributed by atoms with Crippen molar-refractivity contribution >= 4 is 11.7 Å². The minimum absolute atomic E-state index is 0.0311. The van der Waals surface area contributed by atoms with Crippen LogP contribution in [0.25, 0.3) is 0 Å². The van der Waals surface area contributed by atoms with Gasteiger partial charge in [-0.3, -0.25) is 14.9 Å². The summed E-state index contributed by atoms with van der Waals surface area (Å²) in [6.45, 7) is 1.10. The van der Waals surface area contributed by atoms with E-state index < -0.39 is 17.2 Å². The fraction of sp³-hybridized carbons (Fsp3) is 0.500. The van der Waals surface area contributed by atoms with Gasteiger partial charge >= 0.3 is 11.7 Å². The Morgan fingerprint density at radius 2 is 2.00 bits per heavy atom. The first-order valence-electron chi connectivity index (χ1n) is 6.88.